The van der Waals surface area contributed by atoms with Crippen LogP contribution in [0.3, 0.4) is 0 Å². The van der Waals surface area contributed by atoms with Crippen LogP contribution in [0.4, 0.5) is 11.5 Å². The number of hydroxylamine groups is 1. The van der Waals surface area contributed by atoms with E-state index in [4.69, 9.17) is 4.84 Å². The molecule has 0 aliphatic carbocycles. The Hall–Kier alpha value is -1.69. The lowest BCUT2D eigenvalue weighted by molar-refractivity contribution is -0.385. The molecule has 1 aliphatic rings. The summed E-state index contributed by atoms with van der Waals surface area (Å²) in [6.07, 6.45) is 2.23. The van der Waals surface area contributed by atoms with Crippen LogP contribution in [0, 0.1) is 17.0 Å². The van der Waals surface area contributed by atoms with E-state index in [2.05, 4.69) is 4.98 Å². The van der Waals surface area contributed by atoms with Crippen LogP contribution in [0.15, 0.2) is 12.3 Å². The lowest BCUT2D eigenvalue weighted by Gasteiger charge is -2.14. The van der Waals surface area contributed by atoms with Gasteiger partial charge in [0.1, 0.15) is 6.20 Å². The Morgan fingerprint density at radius 2 is 2.47 bits per heavy atom. The molecule has 0 amide bonds. The molecule has 6 heteroatoms. The fourth-order valence-electron chi connectivity index (χ4n) is 1.49. The molecule has 0 spiro atoms. The Balaban J connectivity index is 2.28. The van der Waals surface area contributed by atoms with Crippen molar-refractivity contribution in [3.8, 4) is 0 Å². The highest BCUT2D eigenvalue weighted by molar-refractivity contribution is 5.47. The number of aromatic nitrogens is 1. The zero-order valence-electron chi connectivity index (χ0n) is 8.34. The Morgan fingerprint density at radius 3 is 3.00 bits per heavy atom. The fourth-order valence-corrected chi connectivity index (χ4v) is 1.49. The molecule has 0 bridgehead atoms. The van der Waals surface area contributed by atoms with Crippen LogP contribution in [0.5, 0.6) is 0 Å². The number of nitro groups is 1. The van der Waals surface area contributed by atoms with E-state index < -0.39 is 4.92 Å². The summed E-state index contributed by atoms with van der Waals surface area (Å²) in [6, 6.07) is 1.67. The highest BCUT2D eigenvalue weighted by atomic mass is 16.7. The molecule has 0 N–H and O–H groups in total. The summed E-state index contributed by atoms with van der Waals surface area (Å²) >= 11 is 0. The van der Waals surface area contributed by atoms with Gasteiger partial charge in [-0.15, -0.1) is 0 Å². The molecule has 15 heavy (non-hydrogen) atoms. The molecule has 0 radical (unpaired) electrons. The summed E-state index contributed by atoms with van der Waals surface area (Å²) in [4.78, 5) is 19.4. The predicted octanol–water partition coefficient (Wildman–Crippen LogP) is 1.44. The highest BCUT2D eigenvalue weighted by Crippen LogP contribution is 2.23. The van der Waals surface area contributed by atoms with E-state index in [1.807, 2.05) is 0 Å². The average Bonchev–Trinajstić information content (AvgIpc) is 2.69. The third kappa shape index (κ3) is 1.89. The second kappa shape index (κ2) is 3.82. The number of hydrogen-bond acceptors (Lipinski definition) is 5. The second-order valence-corrected chi connectivity index (χ2v) is 3.37. The molecule has 1 saturated heterocycles. The number of anilines is 1. The molecule has 1 aliphatic heterocycles. The fraction of sp³-hybridized carbons (Fsp3) is 0.444. The molecular formula is C9H11N3O3. The molecule has 2 heterocycles. The number of hydrogen-bond donors (Lipinski definition) is 0. The first-order valence-corrected chi connectivity index (χ1v) is 4.70. The van der Waals surface area contributed by atoms with Gasteiger partial charge in [-0.3, -0.25) is 15.0 Å². The van der Waals surface area contributed by atoms with Crippen LogP contribution in [0.1, 0.15) is 12.0 Å². The molecule has 1 fully saturated rings. The molecule has 0 atom stereocenters. The zero-order valence-corrected chi connectivity index (χ0v) is 8.34. The molecular weight excluding hydrogens is 198 g/mol. The molecule has 1 aromatic rings. The van der Waals surface area contributed by atoms with E-state index in [9.17, 15) is 10.1 Å². The number of rotatable bonds is 2. The molecule has 0 saturated carbocycles. The van der Waals surface area contributed by atoms with Crippen molar-refractivity contribution >= 4 is 11.5 Å². The first kappa shape index (κ1) is 9.85. The van der Waals surface area contributed by atoms with E-state index in [0.29, 0.717) is 18.0 Å². The van der Waals surface area contributed by atoms with Crippen molar-refractivity contribution in [3.05, 3.63) is 27.9 Å². The number of nitrogens with zero attached hydrogens (tertiary/aromatic N) is 3. The molecule has 6 nitrogen and oxygen atoms in total. The van der Waals surface area contributed by atoms with Gasteiger partial charge in [0, 0.05) is 12.1 Å². The third-order valence-electron chi connectivity index (χ3n) is 2.27. The van der Waals surface area contributed by atoms with E-state index in [0.717, 1.165) is 13.0 Å². The van der Waals surface area contributed by atoms with Crippen LogP contribution in [0.2, 0.25) is 0 Å². The highest BCUT2D eigenvalue weighted by Gasteiger charge is 2.18. The van der Waals surface area contributed by atoms with Crippen molar-refractivity contribution in [1.29, 1.82) is 0 Å². The smallest absolute Gasteiger partial charge is 0.272 e. The van der Waals surface area contributed by atoms with Crippen molar-refractivity contribution in [3.63, 3.8) is 0 Å². The summed E-state index contributed by atoms with van der Waals surface area (Å²) in [6.45, 7) is 3.15. The average molecular weight is 209 g/mol. The van der Waals surface area contributed by atoms with Crippen LogP contribution in [-0.4, -0.2) is 23.1 Å². The predicted molar refractivity (Wildman–Crippen MR) is 53.5 cm³/mol. The standard InChI is InChI=1S/C9H11N3O3/c1-7-5-9(11-3-2-4-15-11)10-6-8(7)12(13)14/h5-6H,2-4H2,1H3. The summed E-state index contributed by atoms with van der Waals surface area (Å²) in [7, 11) is 0. The van der Waals surface area contributed by atoms with E-state index in [-0.39, 0.29) is 5.69 Å². The van der Waals surface area contributed by atoms with Crippen molar-refractivity contribution in [2.45, 2.75) is 13.3 Å². The van der Waals surface area contributed by atoms with Gasteiger partial charge in [0.25, 0.3) is 5.69 Å². The maximum absolute atomic E-state index is 10.6. The quantitative estimate of drug-likeness (QED) is 0.544. The lowest BCUT2D eigenvalue weighted by Crippen LogP contribution is -2.17. The SMILES string of the molecule is Cc1cc(N2CCCO2)ncc1[N+](=O)[O-]. The molecule has 2 rings (SSSR count). The first-order valence-electron chi connectivity index (χ1n) is 4.70. The van der Waals surface area contributed by atoms with Crippen molar-refractivity contribution < 1.29 is 9.76 Å². The maximum atomic E-state index is 10.6. The first-order chi connectivity index (χ1) is 7.18. The van der Waals surface area contributed by atoms with Gasteiger partial charge >= 0.3 is 0 Å². The topological polar surface area (TPSA) is 68.5 Å². The Morgan fingerprint density at radius 1 is 1.67 bits per heavy atom. The van der Waals surface area contributed by atoms with E-state index in [1.165, 1.54) is 6.20 Å². The van der Waals surface area contributed by atoms with Crippen molar-refractivity contribution in [2.24, 2.45) is 0 Å². The van der Waals surface area contributed by atoms with E-state index in [1.54, 1.807) is 18.1 Å². The number of aryl methyl sites for hydroxylation is 1. The molecule has 80 valence electrons. The summed E-state index contributed by atoms with van der Waals surface area (Å²) in [5, 5.41) is 12.2. The van der Waals surface area contributed by atoms with Gasteiger partial charge in [0.2, 0.25) is 0 Å². The third-order valence-corrected chi connectivity index (χ3v) is 2.27. The Labute approximate surface area is 86.6 Å². The molecule has 0 aromatic carbocycles. The molecule has 0 unspecified atom stereocenters. The summed E-state index contributed by atoms with van der Waals surface area (Å²) in [5.74, 6) is 0.635. The van der Waals surface area contributed by atoms with Gasteiger partial charge in [0.05, 0.1) is 11.5 Å². The van der Waals surface area contributed by atoms with Crippen LogP contribution >= 0.6 is 0 Å². The largest absolute Gasteiger partial charge is 0.290 e. The van der Waals surface area contributed by atoms with Gasteiger partial charge in [-0.05, 0) is 19.4 Å². The minimum atomic E-state index is -0.434. The Bertz CT molecular complexity index is 388. The maximum Gasteiger partial charge on any atom is 0.290 e. The lowest BCUT2D eigenvalue weighted by atomic mass is 10.2. The van der Waals surface area contributed by atoms with Gasteiger partial charge < -0.3 is 0 Å². The minimum absolute atomic E-state index is 0.0398. The van der Waals surface area contributed by atoms with Gasteiger partial charge in [-0.1, -0.05) is 0 Å². The second-order valence-electron chi connectivity index (χ2n) is 3.37. The normalized spacial score (nSPS) is 15.7. The minimum Gasteiger partial charge on any atom is -0.272 e. The number of pyridine rings is 1. The summed E-state index contributed by atoms with van der Waals surface area (Å²) < 4.78 is 0. The van der Waals surface area contributed by atoms with Crippen LogP contribution in [-0.2, 0) is 4.84 Å². The Kier molecular flexibility index (Phi) is 2.51. The van der Waals surface area contributed by atoms with Crippen molar-refractivity contribution in [2.75, 3.05) is 18.2 Å². The van der Waals surface area contributed by atoms with Crippen molar-refractivity contribution in [1.82, 2.24) is 4.98 Å². The molecule has 1 aromatic heterocycles. The van der Waals surface area contributed by atoms with Crippen LogP contribution < -0.4 is 5.06 Å². The summed E-state index contributed by atoms with van der Waals surface area (Å²) in [5.41, 5.74) is 0.637. The van der Waals surface area contributed by atoms with Gasteiger partial charge in [-0.2, -0.15) is 0 Å². The van der Waals surface area contributed by atoms with Crippen LogP contribution in [0.25, 0.3) is 0 Å². The van der Waals surface area contributed by atoms with E-state index >= 15 is 0 Å². The zero-order chi connectivity index (χ0) is 10.8. The monoisotopic (exact) mass is 209 g/mol. The van der Waals surface area contributed by atoms with Gasteiger partial charge in [-0.25, -0.2) is 10.0 Å². The van der Waals surface area contributed by atoms with Gasteiger partial charge in [0.15, 0.2) is 5.82 Å².